The smallest absolute Gasteiger partial charge is 0.0991 e. The third-order valence-electron chi connectivity index (χ3n) is 8.78. The average Bonchev–Trinajstić information content (AvgIpc) is 3.30. The molecule has 2 aliphatic heterocycles. The molecule has 3 aromatic rings. The normalized spacial score (nSPS) is 20.3. The molecule has 0 spiro atoms. The number of rotatable bonds is 2. The molecule has 0 saturated heterocycles. The van der Waals surface area contributed by atoms with Crippen LogP contribution in [0.4, 0.5) is 5.69 Å². The van der Waals surface area contributed by atoms with Gasteiger partial charge in [-0.3, -0.25) is 0 Å². The Hall–Kier alpha value is -4.60. The second-order valence-corrected chi connectivity index (χ2v) is 11.1. The van der Waals surface area contributed by atoms with Gasteiger partial charge in [-0.15, -0.1) is 0 Å². The highest BCUT2D eigenvalue weighted by Crippen LogP contribution is 2.61. The van der Waals surface area contributed by atoms with Gasteiger partial charge in [0.15, 0.2) is 0 Å². The molecule has 0 fully saturated rings. The third-order valence-corrected chi connectivity index (χ3v) is 8.78. The maximum Gasteiger partial charge on any atom is 0.0991 e. The largest absolute Gasteiger partial charge is 0.313 e. The maximum atomic E-state index is 9.31. The Labute approximate surface area is 224 Å². The van der Waals surface area contributed by atoms with E-state index in [-0.39, 0.29) is 11.3 Å². The van der Waals surface area contributed by atoms with Crippen molar-refractivity contribution in [2.45, 2.75) is 39.0 Å². The van der Waals surface area contributed by atoms with Crippen molar-refractivity contribution in [2.24, 2.45) is 5.41 Å². The van der Waals surface area contributed by atoms with Gasteiger partial charge in [0.2, 0.25) is 0 Å². The fourth-order valence-corrected chi connectivity index (χ4v) is 6.80. The monoisotopic (exact) mass is 489 g/mol. The molecule has 0 bridgehead atoms. The molecule has 0 aromatic heterocycles. The molecule has 0 N–H and O–H groups in total. The lowest BCUT2D eigenvalue weighted by Crippen LogP contribution is -2.36. The molecule has 0 saturated carbocycles. The van der Waals surface area contributed by atoms with Crippen LogP contribution in [0.5, 0.6) is 0 Å². The minimum atomic E-state index is -0.0551. The van der Waals surface area contributed by atoms with E-state index in [1.807, 2.05) is 36.4 Å². The van der Waals surface area contributed by atoms with Crippen LogP contribution in [0.1, 0.15) is 61.3 Å². The highest BCUT2D eigenvalue weighted by Gasteiger charge is 2.48. The predicted octanol–water partition coefficient (Wildman–Crippen LogP) is 8.39. The Morgan fingerprint density at radius 3 is 2.18 bits per heavy atom. The van der Waals surface area contributed by atoms with Crippen molar-refractivity contribution >= 4 is 11.3 Å². The lowest BCUT2D eigenvalue weighted by atomic mass is 9.66. The average molecular weight is 490 g/mol. The number of hydrogen-bond acceptors (Lipinski definition) is 3. The molecule has 0 radical (unpaired) electrons. The third kappa shape index (κ3) is 3.19. The topological polar surface area (TPSA) is 50.8 Å². The Balaban J connectivity index is 1.42. The Kier molecular flexibility index (Phi) is 4.88. The second kappa shape index (κ2) is 8.20. The van der Waals surface area contributed by atoms with Crippen molar-refractivity contribution in [1.82, 2.24) is 0 Å². The molecule has 0 amide bonds. The first-order valence-corrected chi connectivity index (χ1v) is 13.3. The highest BCUT2D eigenvalue weighted by molar-refractivity contribution is 5.86. The van der Waals surface area contributed by atoms with Crippen molar-refractivity contribution in [1.29, 1.82) is 10.5 Å². The summed E-state index contributed by atoms with van der Waals surface area (Å²) in [5.74, 6) is 0.262. The minimum Gasteiger partial charge on any atom is -0.313 e. The lowest BCUT2D eigenvalue weighted by molar-refractivity contribution is 0.491. The SMILES string of the molecule is CC1(C)C2=C3C(CC(c4ccc(C#N)cc4)=C2)c2cc(-c4ccc(C#N)cc4)ccc2N3C2=C1CCC=C2. The second-order valence-electron chi connectivity index (χ2n) is 11.1. The number of allylic oxidation sites excluding steroid dienone is 7. The summed E-state index contributed by atoms with van der Waals surface area (Å²) in [4.78, 5) is 2.54. The van der Waals surface area contributed by atoms with Crippen molar-refractivity contribution in [2.75, 3.05) is 4.90 Å². The van der Waals surface area contributed by atoms with Gasteiger partial charge >= 0.3 is 0 Å². The first kappa shape index (κ1) is 22.6. The summed E-state index contributed by atoms with van der Waals surface area (Å²) in [6, 6.07) is 27.3. The molecule has 1 atom stereocenters. The standard InChI is InChI=1S/C35H27N3/c1-35(2)30-5-3-4-6-33(30)38-32-16-15-26(24-11-7-22(20-36)8-12-24)17-28(32)29-18-27(19-31(35)34(29)38)25-13-9-23(21-37)10-14-25/h4,6-17,19,29H,3,5,18H2,1-2H3. The van der Waals surface area contributed by atoms with E-state index in [0.717, 1.165) is 24.8 Å². The summed E-state index contributed by atoms with van der Waals surface area (Å²) in [6.45, 7) is 4.78. The zero-order valence-electron chi connectivity index (χ0n) is 21.6. The van der Waals surface area contributed by atoms with Crippen molar-refractivity contribution < 1.29 is 0 Å². The van der Waals surface area contributed by atoms with Gasteiger partial charge in [0.25, 0.3) is 0 Å². The Morgan fingerprint density at radius 2 is 1.50 bits per heavy atom. The number of hydrogen-bond donors (Lipinski definition) is 0. The summed E-state index contributed by atoms with van der Waals surface area (Å²) < 4.78 is 0. The highest BCUT2D eigenvalue weighted by atomic mass is 15.2. The molecule has 3 nitrogen and oxygen atoms in total. The van der Waals surface area contributed by atoms with Gasteiger partial charge in [0.05, 0.1) is 23.3 Å². The zero-order valence-corrected chi connectivity index (χ0v) is 21.6. The van der Waals surface area contributed by atoms with Gasteiger partial charge in [-0.1, -0.05) is 56.3 Å². The van der Waals surface area contributed by atoms with E-state index in [4.69, 9.17) is 0 Å². The van der Waals surface area contributed by atoms with Gasteiger partial charge < -0.3 is 4.90 Å². The summed E-state index contributed by atoms with van der Waals surface area (Å²) in [5, 5.41) is 18.5. The fourth-order valence-electron chi connectivity index (χ4n) is 6.80. The van der Waals surface area contributed by atoms with Crippen LogP contribution in [0.3, 0.4) is 0 Å². The quantitative estimate of drug-likeness (QED) is 0.363. The lowest BCUT2D eigenvalue weighted by Gasteiger charge is -2.45. The van der Waals surface area contributed by atoms with Crippen LogP contribution in [-0.2, 0) is 0 Å². The van der Waals surface area contributed by atoms with Crippen molar-refractivity contribution in [3.8, 4) is 23.3 Å². The molecule has 182 valence electrons. The maximum absolute atomic E-state index is 9.31. The van der Waals surface area contributed by atoms with E-state index in [1.54, 1.807) is 0 Å². The fraction of sp³-hybridized carbons (Fsp3) is 0.200. The molecular weight excluding hydrogens is 462 g/mol. The Bertz CT molecular complexity index is 1710. The zero-order chi connectivity index (χ0) is 26.0. The summed E-state index contributed by atoms with van der Waals surface area (Å²) in [5.41, 5.74) is 14.5. The van der Waals surface area contributed by atoms with Crippen LogP contribution in [0, 0.1) is 28.1 Å². The number of nitriles is 2. The van der Waals surface area contributed by atoms with Crippen LogP contribution in [0.2, 0.25) is 0 Å². The van der Waals surface area contributed by atoms with E-state index < -0.39 is 0 Å². The summed E-state index contributed by atoms with van der Waals surface area (Å²) in [7, 11) is 0. The molecule has 38 heavy (non-hydrogen) atoms. The minimum absolute atomic E-state index is 0.0551. The van der Waals surface area contributed by atoms with Gasteiger partial charge in [-0.2, -0.15) is 10.5 Å². The van der Waals surface area contributed by atoms with Gasteiger partial charge in [0, 0.05) is 28.4 Å². The van der Waals surface area contributed by atoms with Gasteiger partial charge in [-0.25, -0.2) is 0 Å². The number of fused-ring (bicyclic) bond motifs is 4. The van der Waals surface area contributed by atoms with Crippen LogP contribution in [0.25, 0.3) is 16.7 Å². The summed E-state index contributed by atoms with van der Waals surface area (Å²) in [6.07, 6.45) is 10.2. The van der Waals surface area contributed by atoms with E-state index in [1.165, 1.54) is 50.5 Å². The van der Waals surface area contributed by atoms with E-state index in [0.29, 0.717) is 11.1 Å². The molecule has 4 aliphatic rings. The molecular formula is C35H27N3. The van der Waals surface area contributed by atoms with E-state index in [2.05, 4.69) is 79.4 Å². The van der Waals surface area contributed by atoms with Crippen LogP contribution in [0.15, 0.2) is 107 Å². The number of nitrogens with zero attached hydrogens (tertiary/aromatic N) is 3. The number of benzene rings is 3. The van der Waals surface area contributed by atoms with E-state index >= 15 is 0 Å². The molecule has 3 aromatic carbocycles. The van der Waals surface area contributed by atoms with Crippen LogP contribution in [-0.4, -0.2) is 0 Å². The molecule has 7 rings (SSSR count). The molecule has 2 heterocycles. The van der Waals surface area contributed by atoms with Gasteiger partial charge in [-0.05, 0) is 101 Å². The first-order chi connectivity index (χ1) is 18.5. The van der Waals surface area contributed by atoms with E-state index in [9.17, 15) is 10.5 Å². The molecule has 1 unspecified atom stereocenters. The Morgan fingerprint density at radius 1 is 0.842 bits per heavy atom. The molecule has 3 heteroatoms. The van der Waals surface area contributed by atoms with Crippen molar-refractivity contribution in [3.05, 3.63) is 130 Å². The summed E-state index contributed by atoms with van der Waals surface area (Å²) >= 11 is 0. The van der Waals surface area contributed by atoms with Gasteiger partial charge in [0.1, 0.15) is 0 Å². The first-order valence-electron chi connectivity index (χ1n) is 13.3. The van der Waals surface area contributed by atoms with Crippen molar-refractivity contribution in [3.63, 3.8) is 0 Å². The number of anilines is 1. The van der Waals surface area contributed by atoms with Crippen LogP contribution < -0.4 is 4.90 Å². The predicted molar refractivity (Wildman–Crippen MR) is 152 cm³/mol. The molecule has 2 aliphatic carbocycles. The van der Waals surface area contributed by atoms with Crippen LogP contribution >= 0.6 is 0 Å².